The van der Waals surface area contributed by atoms with Crippen molar-refractivity contribution in [3.05, 3.63) is 53.1 Å². The molecule has 7 heteroatoms. The first-order chi connectivity index (χ1) is 13.6. The summed E-state index contributed by atoms with van der Waals surface area (Å²) in [5.74, 6) is 0.734. The molecule has 1 fully saturated rings. The maximum atomic E-state index is 12.8. The SMILES string of the molecule is Cc1cnc(C(=O)N2CCOc3ccc(CCC(=O)NC4CC4)cc3C2)cn1. The fourth-order valence-electron chi connectivity index (χ4n) is 3.23. The molecule has 1 aromatic heterocycles. The van der Waals surface area contributed by atoms with E-state index in [1.165, 1.54) is 6.20 Å². The average molecular weight is 380 g/mol. The second kappa shape index (κ2) is 7.96. The highest BCUT2D eigenvalue weighted by atomic mass is 16.5. The lowest BCUT2D eigenvalue weighted by molar-refractivity contribution is -0.121. The van der Waals surface area contributed by atoms with E-state index in [-0.39, 0.29) is 11.8 Å². The van der Waals surface area contributed by atoms with Gasteiger partial charge in [0.15, 0.2) is 0 Å². The van der Waals surface area contributed by atoms with E-state index in [9.17, 15) is 9.59 Å². The van der Waals surface area contributed by atoms with Crippen molar-refractivity contribution in [2.75, 3.05) is 13.2 Å². The molecule has 0 unspecified atom stereocenters. The highest BCUT2D eigenvalue weighted by Crippen LogP contribution is 2.26. The predicted molar refractivity (Wildman–Crippen MR) is 103 cm³/mol. The van der Waals surface area contributed by atoms with E-state index in [0.29, 0.717) is 44.3 Å². The summed E-state index contributed by atoms with van der Waals surface area (Å²) in [5.41, 5.74) is 3.13. The summed E-state index contributed by atoms with van der Waals surface area (Å²) in [5, 5.41) is 3.01. The second-order valence-corrected chi connectivity index (χ2v) is 7.40. The molecule has 1 saturated carbocycles. The molecule has 0 spiro atoms. The molecule has 0 saturated heterocycles. The molecule has 2 heterocycles. The van der Waals surface area contributed by atoms with Crippen LogP contribution in [0, 0.1) is 6.92 Å². The quantitative estimate of drug-likeness (QED) is 0.858. The van der Waals surface area contributed by atoms with Gasteiger partial charge in [0.2, 0.25) is 5.91 Å². The zero-order valence-corrected chi connectivity index (χ0v) is 16.0. The predicted octanol–water partition coefficient (Wildman–Crippen LogP) is 2.03. The zero-order valence-electron chi connectivity index (χ0n) is 16.0. The fraction of sp³-hybridized carbons (Fsp3) is 0.429. The lowest BCUT2D eigenvalue weighted by Gasteiger charge is -2.19. The molecule has 0 atom stereocenters. The number of hydrogen-bond donors (Lipinski definition) is 1. The molecular formula is C21H24N4O3. The molecule has 1 aliphatic heterocycles. The Morgan fingerprint density at radius 1 is 1.25 bits per heavy atom. The van der Waals surface area contributed by atoms with Gasteiger partial charge in [0.1, 0.15) is 18.1 Å². The average Bonchev–Trinajstić information content (AvgIpc) is 3.52. The van der Waals surface area contributed by atoms with Crippen LogP contribution in [0.1, 0.15) is 46.6 Å². The maximum Gasteiger partial charge on any atom is 0.274 e. The van der Waals surface area contributed by atoms with Crippen molar-refractivity contribution in [3.63, 3.8) is 0 Å². The Hall–Kier alpha value is -2.96. The normalized spacial score (nSPS) is 16.0. The van der Waals surface area contributed by atoms with Crippen LogP contribution < -0.4 is 10.1 Å². The molecule has 2 amide bonds. The van der Waals surface area contributed by atoms with E-state index in [4.69, 9.17) is 4.74 Å². The Kier molecular flexibility index (Phi) is 5.23. The second-order valence-electron chi connectivity index (χ2n) is 7.40. The van der Waals surface area contributed by atoms with E-state index >= 15 is 0 Å². The van der Waals surface area contributed by atoms with E-state index in [1.54, 1.807) is 11.1 Å². The van der Waals surface area contributed by atoms with Crippen molar-refractivity contribution in [1.29, 1.82) is 0 Å². The number of nitrogens with one attached hydrogen (secondary N) is 1. The number of carbonyl (C=O) groups excluding carboxylic acids is 2. The van der Waals surface area contributed by atoms with Crippen LogP contribution >= 0.6 is 0 Å². The Balaban J connectivity index is 1.44. The number of ether oxygens (including phenoxy) is 1. The van der Waals surface area contributed by atoms with Crippen molar-refractivity contribution >= 4 is 11.8 Å². The van der Waals surface area contributed by atoms with Crippen molar-refractivity contribution < 1.29 is 14.3 Å². The number of aromatic nitrogens is 2. The Bertz CT molecular complexity index is 878. The van der Waals surface area contributed by atoms with Crippen LogP contribution in [0.15, 0.2) is 30.6 Å². The van der Waals surface area contributed by atoms with Crippen LogP contribution in [0.5, 0.6) is 5.75 Å². The van der Waals surface area contributed by atoms with Crippen LogP contribution in [-0.2, 0) is 17.8 Å². The molecule has 0 radical (unpaired) electrons. The standard InChI is InChI=1S/C21H24N4O3/c1-14-11-23-18(12-22-14)21(27)25-8-9-28-19-6-2-15(10-16(19)13-25)3-7-20(26)24-17-4-5-17/h2,6,10-12,17H,3-5,7-9,13H2,1H3,(H,24,26). The topological polar surface area (TPSA) is 84.4 Å². The van der Waals surface area contributed by atoms with Crippen molar-refractivity contribution in [3.8, 4) is 5.75 Å². The van der Waals surface area contributed by atoms with Gasteiger partial charge < -0.3 is 15.0 Å². The largest absolute Gasteiger partial charge is 0.491 e. The number of amides is 2. The summed E-state index contributed by atoms with van der Waals surface area (Å²) in [4.78, 5) is 34.8. The highest BCUT2D eigenvalue weighted by molar-refractivity contribution is 5.92. The summed E-state index contributed by atoms with van der Waals surface area (Å²) in [6.07, 6.45) is 6.44. The molecule has 1 aromatic carbocycles. The van der Waals surface area contributed by atoms with Crippen molar-refractivity contribution in [2.24, 2.45) is 0 Å². The Labute approximate surface area is 164 Å². The Morgan fingerprint density at radius 2 is 2.11 bits per heavy atom. The minimum Gasteiger partial charge on any atom is -0.491 e. The first-order valence-electron chi connectivity index (χ1n) is 9.70. The number of aryl methyl sites for hydroxylation is 2. The first kappa shape index (κ1) is 18.4. The summed E-state index contributed by atoms with van der Waals surface area (Å²) in [6.45, 7) is 3.21. The molecule has 1 aliphatic carbocycles. The molecule has 28 heavy (non-hydrogen) atoms. The molecule has 1 N–H and O–H groups in total. The van der Waals surface area contributed by atoms with E-state index in [1.807, 2.05) is 25.1 Å². The molecular weight excluding hydrogens is 356 g/mol. The molecule has 2 aliphatic rings. The van der Waals surface area contributed by atoms with Crippen LogP contribution in [0.2, 0.25) is 0 Å². The molecule has 2 aromatic rings. The van der Waals surface area contributed by atoms with Gasteiger partial charge in [0.25, 0.3) is 5.91 Å². The third kappa shape index (κ3) is 4.47. The molecule has 146 valence electrons. The Morgan fingerprint density at radius 3 is 2.86 bits per heavy atom. The van der Waals surface area contributed by atoms with Gasteiger partial charge in [-0.25, -0.2) is 4.98 Å². The summed E-state index contributed by atoms with van der Waals surface area (Å²) < 4.78 is 5.82. The number of carbonyl (C=O) groups is 2. The molecule has 4 rings (SSSR count). The number of nitrogens with zero attached hydrogens (tertiary/aromatic N) is 3. The molecule has 0 bridgehead atoms. The summed E-state index contributed by atoms with van der Waals surface area (Å²) >= 11 is 0. The van der Waals surface area contributed by atoms with Crippen molar-refractivity contribution in [2.45, 2.75) is 45.2 Å². The minimum absolute atomic E-state index is 0.100. The third-order valence-electron chi connectivity index (χ3n) is 4.98. The zero-order chi connectivity index (χ0) is 19.5. The van der Waals surface area contributed by atoms with Crippen LogP contribution in [0.4, 0.5) is 0 Å². The summed E-state index contributed by atoms with van der Waals surface area (Å²) in [7, 11) is 0. The van der Waals surface area contributed by atoms with E-state index in [2.05, 4.69) is 15.3 Å². The fourth-order valence-corrected chi connectivity index (χ4v) is 3.23. The number of benzene rings is 1. The van der Waals surface area contributed by atoms with Crippen molar-refractivity contribution in [1.82, 2.24) is 20.2 Å². The van der Waals surface area contributed by atoms with Crippen LogP contribution in [0.3, 0.4) is 0 Å². The van der Waals surface area contributed by atoms with Gasteiger partial charge in [0.05, 0.1) is 18.4 Å². The molecule has 7 nitrogen and oxygen atoms in total. The minimum atomic E-state index is -0.154. The lowest BCUT2D eigenvalue weighted by atomic mass is 10.0. The van der Waals surface area contributed by atoms with Gasteiger partial charge in [-0.05, 0) is 37.8 Å². The number of hydrogen-bond acceptors (Lipinski definition) is 5. The van der Waals surface area contributed by atoms with Crippen LogP contribution in [0.25, 0.3) is 0 Å². The van der Waals surface area contributed by atoms with Gasteiger partial charge >= 0.3 is 0 Å². The van der Waals surface area contributed by atoms with Gasteiger partial charge in [-0.15, -0.1) is 0 Å². The monoisotopic (exact) mass is 380 g/mol. The van der Waals surface area contributed by atoms with E-state index < -0.39 is 0 Å². The summed E-state index contributed by atoms with van der Waals surface area (Å²) in [6, 6.07) is 6.35. The van der Waals surface area contributed by atoms with Gasteiger partial charge in [-0.3, -0.25) is 14.6 Å². The van der Waals surface area contributed by atoms with Gasteiger partial charge in [0, 0.05) is 30.8 Å². The first-order valence-corrected chi connectivity index (χ1v) is 9.70. The number of rotatable bonds is 5. The maximum absolute atomic E-state index is 12.8. The number of fused-ring (bicyclic) bond motifs is 1. The smallest absolute Gasteiger partial charge is 0.274 e. The lowest BCUT2D eigenvalue weighted by Crippen LogP contribution is -2.33. The van der Waals surface area contributed by atoms with Gasteiger partial charge in [-0.1, -0.05) is 12.1 Å². The highest BCUT2D eigenvalue weighted by Gasteiger charge is 2.24. The third-order valence-corrected chi connectivity index (χ3v) is 4.98. The van der Waals surface area contributed by atoms with Gasteiger partial charge in [-0.2, -0.15) is 0 Å². The van der Waals surface area contributed by atoms with E-state index in [0.717, 1.165) is 35.4 Å². The van der Waals surface area contributed by atoms with Crippen LogP contribution in [-0.4, -0.2) is 45.9 Å².